The molecule has 0 saturated carbocycles. The minimum Gasteiger partial charge on any atom is -0.454 e. The Hall–Kier alpha value is -1.39. The van der Waals surface area contributed by atoms with Crippen molar-refractivity contribution < 1.29 is 19.7 Å². The maximum Gasteiger partial charge on any atom is 0.334 e. The lowest BCUT2D eigenvalue weighted by Gasteiger charge is -2.18. The van der Waals surface area contributed by atoms with Gasteiger partial charge >= 0.3 is 5.97 Å². The van der Waals surface area contributed by atoms with Crippen LogP contribution in [0.25, 0.3) is 0 Å². The zero-order valence-corrected chi connectivity index (χ0v) is 11.0. The number of hydrogen-bond donors (Lipinski definition) is 2. The van der Waals surface area contributed by atoms with E-state index in [4.69, 9.17) is 4.74 Å². The van der Waals surface area contributed by atoms with Gasteiger partial charge < -0.3 is 14.9 Å². The Morgan fingerprint density at radius 1 is 1.26 bits per heavy atom. The third kappa shape index (κ3) is 3.14. The second-order valence-corrected chi connectivity index (χ2v) is 5.08. The molecule has 2 aliphatic rings. The van der Waals surface area contributed by atoms with Gasteiger partial charge in [-0.2, -0.15) is 0 Å². The lowest BCUT2D eigenvalue weighted by molar-refractivity contribution is -0.137. The molecule has 0 radical (unpaired) electrons. The van der Waals surface area contributed by atoms with Gasteiger partial charge in [-0.05, 0) is 42.9 Å². The van der Waals surface area contributed by atoms with E-state index in [9.17, 15) is 15.0 Å². The predicted octanol–water partition coefficient (Wildman–Crippen LogP) is 1.50. The molecule has 0 aromatic rings. The first-order valence-electron chi connectivity index (χ1n) is 6.64. The molecular formula is C15H20O4. The van der Waals surface area contributed by atoms with Crippen LogP contribution in [-0.4, -0.2) is 35.5 Å². The van der Waals surface area contributed by atoms with Gasteiger partial charge in [-0.1, -0.05) is 12.7 Å². The van der Waals surface area contributed by atoms with E-state index in [1.807, 2.05) is 12.2 Å². The molecule has 0 amide bonds. The summed E-state index contributed by atoms with van der Waals surface area (Å²) in [6.45, 7) is 3.81. The van der Waals surface area contributed by atoms with Gasteiger partial charge in [-0.15, -0.1) is 0 Å². The largest absolute Gasteiger partial charge is 0.454 e. The summed E-state index contributed by atoms with van der Waals surface area (Å²) < 4.78 is 5.30. The summed E-state index contributed by atoms with van der Waals surface area (Å²) in [5, 5.41) is 18.6. The number of carbonyl (C=O) groups excluding carboxylic acids is 1. The number of aliphatic hydroxyl groups excluding tert-OH is 2. The molecular weight excluding hydrogens is 244 g/mol. The molecule has 1 heterocycles. The quantitative estimate of drug-likeness (QED) is 0.450. The topological polar surface area (TPSA) is 66.8 Å². The molecule has 104 valence electrons. The third-order valence-corrected chi connectivity index (χ3v) is 3.83. The van der Waals surface area contributed by atoms with Gasteiger partial charge in [0.2, 0.25) is 0 Å². The number of esters is 1. The fourth-order valence-corrected chi connectivity index (χ4v) is 2.62. The van der Waals surface area contributed by atoms with Crippen LogP contribution < -0.4 is 0 Å². The van der Waals surface area contributed by atoms with Crippen LogP contribution in [0.3, 0.4) is 0 Å². The number of allylic oxidation sites excluding steroid dienone is 1. The van der Waals surface area contributed by atoms with Crippen LogP contribution >= 0.6 is 0 Å². The number of aliphatic hydroxyl groups is 2. The first-order valence-corrected chi connectivity index (χ1v) is 6.64. The Morgan fingerprint density at radius 2 is 2.00 bits per heavy atom. The molecule has 2 rings (SSSR count). The number of rotatable bonds is 2. The van der Waals surface area contributed by atoms with Crippen molar-refractivity contribution >= 4 is 5.97 Å². The minimum absolute atomic E-state index is 0.0322. The van der Waals surface area contributed by atoms with Crippen molar-refractivity contribution in [3.63, 3.8) is 0 Å². The van der Waals surface area contributed by atoms with Crippen LogP contribution in [0.1, 0.15) is 25.7 Å². The zero-order valence-electron chi connectivity index (χ0n) is 11.0. The molecule has 4 nitrogen and oxygen atoms in total. The highest BCUT2D eigenvalue weighted by molar-refractivity contribution is 5.91. The van der Waals surface area contributed by atoms with Crippen molar-refractivity contribution in [2.45, 2.75) is 31.8 Å². The molecule has 0 unspecified atom stereocenters. The van der Waals surface area contributed by atoms with Crippen LogP contribution in [-0.2, 0) is 9.53 Å². The van der Waals surface area contributed by atoms with Crippen molar-refractivity contribution in [1.29, 1.82) is 0 Å². The lowest BCUT2D eigenvalue weighted by atomic mass is 9.88. The smallest absolute Gasteiger partial charge is 0.334 e. The fraction of sp³-hybridized carbons (Fsp3) is 0.533. The van der Waals surface area contributed by atoms with E-state index in [1.165, 1.54) is 0 Å². The molecule has 2 atom stereocenters. The molecule has 0 bridgehead atoms. The van der Waals surface area contributed by atoms with Crippen molar-refractivity contribution in [1.82, 2.24) is 0 Å². The van der Waals surface area contributed by atoms with Gasteiger partial charge in [-0.25, -0.2) is 4.79 Å². The van der Waals surface area contributed by atoms with Crippen molar-refractivity contribution in [3.8, 4) is 0 Å². The van der Waals surface area contributed by atoms with Crippen LogP contribution in [0.15, 0.2) is 35.5 Å². The molecule has 1 aliphatic carbocycles. The first-order chi connectivity index (χ1) is 9.15. The second kappa shape index (κ2) is 6.17. The summed E-state index contributed by atoms with van der Waals surface area (Å²) in [4.78, 5) is 11.6. The van der Waals surface area contributed by atoms with E-state index in [0.717, 1.165) is 30.4 Å². The molecule has 0 aromatic carbocycles. The number of carbonyl (C=O) groups is 1. The standard InChI is InChI=1S/C15H20O4/c1-10-13-6-5-11(8-16)3-2-4-12(9-17)7-14(13)19-15(10)18/h3,7,13-14,16-17H,1-2,4-6,8-9H2/b11-3-,12-7-/t13-,14-/m0/s1. The Kier molecular flexibility index (Phi) is 4.56. The maximum absolute atomic E-state index is 11.6. The predicted molar refractivity (Wildman–Crippen MR) is 71.3 cm³/mol. The van der Waals surface area contributed by atoms with Gasteiger partial charge in [0.1, 0.15) is 6.10 Å². The molecule has 4 heteroatoms. The van der Waals surface area contributed by atoms with Crippen LogP contribution in [0.5, 0.6) is 0 Å². The molecule has 1 aliphatic heterocycles. The van der Waals surface area contributed by atoms with E-state index >= 15 is 0 Å². The highest BCUT2D eigenvalue weighted by Crippen LogP contribution is 2.34. The lowest BCUT2D eigenvalue weighted by Crippen LogP contribution is -2.16. The van der Waals surface area contributed by atoms with Crippen LogP contribution in [0, 0.1) is 5.92 Å². The SMILES string of the molecule is C=C1C(=O)O[C@H]2/C=C(\CO)CC/C=C(\CO)CC[C@@H]12. The average molecular weight is 264 g/mol. The number of hydrogen-bond acceptors (Lipinski definition) is 4. The summed E-state index contributed by atoms with van der Waals surface area (Å²) in [5.41, 5.74) is 2.34. The van der Waals surface area contributed by atoms with Crippen LogP contribution in [0.4, 0.5) is 0 Å². The molecule has 1 saturated heterocycles. The summed E-state index contributed by atoms with van der Waals surface area (Å²) in [6, 6.07) is 0. The van der Waals surface area contributed by atoms with Gasteiger partial charge in [0.05, 0.1) is 13.2 Å². The monoisotopic (exact) mass is 264 g/mol. The number of fused-ring (bicyclic) bond motifs is 1. The Morgan fingerprint density at radius 3 is 2.68 bits per heavy atom. The Labute approximate surface area is 113 Å². The molecule has 19 heavy (non-hydrogen) atoms. The van der Waals surface area contributed by atoms with Gasteiger partial charge in [0.15, 0.2) is 0 Å². The van der Waals surface area contributed by atoms with E-state index in [1.54, 1.807) is 0 Å². The summed E-state index contributed by atoms with van der Waals surface area (Å²) in [6.07, 6.45) is 6.54. The van der Waals surface area contributed by atoms with Crippen molar-refractivity contribution in [2.24, 2.45) is 5.92 Å². The van der Waals surface area contributed by atoms with Crippen molar-refractivity contribution in [2.75, 3.05) is 13.2 Å². The van der Waals surface area contributed by atoms with Gasteiger partial charge in [0.25, 0.3) is 0 Å². The second-order valence-electron chi connectivity index (χ2n) is 5.08. The first kappa shape index (κ1) is 14.0. The maximum atomic E-state index is 11.6. The molecule has 2 N–H and O–H groups in total. The minimum atomic E-state index is -0.350. The van der Waals surface area contributed by atoms with Gasteiger partial charge in [-0.3, -0.25) is 0 Å². The Bertz CT molecular complexity index is 433. The normalized spacial score (nSPS) is 33.8. The van der Waals surface area contributed by atoms with E-state index in [-0.39, 0.29) is 31.2 Å². The Balaban J connectivity index is 2.25. The van der Waals surface area contributed by atoms with E-state index in [0.29, 0.717) is 12.0 Å². The van der Waals surface area contributed by atoms with E-state index < -0.39 is 0 Å². The molecule has 0 aromatic heterocycles. The highest BCUT2D eigenvalue weighted by atomic mass is 16.5. The molecule has 0 spiro atoms. The van der Waals surface area contributed by atoms with Crippen molar-refractivity contribution in [3.05, 3.63) is 35.5 Å². The highest BCUT2D eigenvalue weighted by Gasteiger charge is 2.37. The average Bonchev–Trinajstić information content (AvgIpc) is 2.68. The zero-order chi connectivity index (χ0) is 13.8. The van der Waals surface area contributed by atoms with Gasteiger partial charge in [0, 0.05) is 11.5 Å². The molecule has 1 fully saturated rings. The van der Waals surface area contributed by atoms with Crippen LogP contribution in [0.2, 0.25) is 0 Å². The summed E-state index contributed by atoms with van der Waals surface area (Å²) in [5.74, 6) is -0.403. The fourth-order valence-electron chi connectivity index (χ4n) is 2.62. The van der Waals surface area contributed by atoms with E-state index in [2.05, 4.69) is 6.58 Å². The number of ether oxygens (including phenoxy) is 1. The summed E-state index contributed by atoms with van der Waals surface area (Å²) in [7, 11) is 0. The third-order valence-electron chi connectivity index (χ3n) is 3.83. The summed E-state index contributed by atoms with van der Waals surface area (Å²) >= 11 is 0.